The molecule has 11 heteroatoms. The first-order valence-corrected chi connectivity index (χ1v) is 9.30. The third kappa shape index (κ3) is 3.17. The van der Waals surface area contributed by atoms with Crippen LogP contribution in [0.1, 0.15) is 29.2 Å². The van der Waals surface area contributed by atoms with E-state index < -0.39 is 47.5 Å². The van der Waals surface area contributed by atoms with Crippen LogP contribution in [-0.2, 0) is 0 Å². The lowest BCUT2D eigenvalue weighted by atomic mass is 10.0. The van der Waals surface area contributed by atoms with Gasteiger partial charge in [-0.1, -0.05) is 0 Å². The second kappa shape index (κ2) is 6.86. The molecule has 2 fully saturated rings. The van der Waals surface area contributed by atoms with E-state index in [0.29, 0.717) is 0 Å². The first-order chi connectivity index (χ1) is 14.0. The number of ether oxygens (including phenoxy) is 1. The van der Waals surface area contributed by atoms with Crippen LogP contribution in [-0.4, -0.2) is 48.1 Å². The summed E-state index contributed by atoms with van der Waals surface area (Å²) in [5, 5.41) is 9.14. The summed E-state index contributed by atoms with van der Waals surface area (Å²) in [5.41, 5.74) is 4.22. The highest BCUT2D eigenvalue weighted by Gasteiger charge is 2.49. The third-order valence-corrected chi connectivity index (χ3v) is 5.67. The molecule has 0 amide bonds. The fourth-order valence-electron chi connectivity index (χ4n) is 4.08. The van der Waals surface area contributed by atoms with Gasteiger partial charge in [-0.05, 0) is 18.9 Å². The van der Waals surface area contributed by atoms with Gasteiger partial charge in [0.1, 0.15) is 11.3 Å². The maximum absolute atomic E-state index is 15.1. The number of carbonyl (C=O) groups is 1. The van der Waals surface area contributed by atoms with Crippen molar-refractivity contribution in [1.29, 1.82) is 0 Å². The van der Waals surface area contributed by atoms with Gasteiger partial charge in [0.25, 0.3) is 0 Å². The number of carboxylic acid groups (broad SMARTS) is 1. The van der Waals surface area contributed by atoms with E-state index in [2.05, 4.69) is 0 Å². The average molecular weight is 429 g/mol. The molecular weight excluding hydrogens is 410 g/mol. The molecule has 7 nitrogen and oxygen atoms in total. The number of carboxylic acids is 1. The zero-order valence-corrected chi connectivity index (χ0v) is 15.9. The summed E-state index contributed by atoms with van der Waals surface area (Å²) < 4.78 is 61.8. The molecule has 0 spiro atoms. The van der Waals surface area contributed by atoms with Crippen molar-refractivity contribution in [3.8, 4) is 5.75 Å². The van der Waals surface area contributed by atoms with Gasteiger partial charge in [0.05, 0.1) is 23.9 Å². The molecular formula is C19H19F4N3O4. The van der Waals surface area contributed by atoms with Crippen LogP contribution in [0, 0.1) is 11.7 Å². The molecule has 0 bridgehead atoms. The molecule has 0 unspecified atom stereocenters. The molecule has 1 saturated carbocycles. The first kappa shape index (κ1) is 20.5. The van der Waals surface area contributed by atoms with Crippen molar-refractivity contribution in [1.82, 2.24) is 4.57 Å². The molecule has 1 aromatic carbocycles. The normalized spacial score (nSPS) is 22.0. The Balaban J connectivity index is 1.96. The molecule has 1 aromatic heterocycles. The number of aromatic carboxylic acids is 1. The number of fused-ring (bicyclic) bond motifs is 1. The molecule has 2 aliphatic rings. The lowest BCUT2D eigenvalue weighted by Gasteiger charge is -2.25. The monoisotopic (exact) mass is 429 g/mol. The van der Waals surface area contributed by atoms with Gasteiger partial charge in [-0.3, -0.25) is 4.79 Å². The maximum Gasteiger partial charge on any atom is 0.395 e. The second-order valence-corrected chi connectivity index (χ2v) is 7.67. The fourth-order valence-corrected chi connectivity index (χ4v) is 4.08. The van der Waals surface area contributed by atoms with Crippen molar-refractivity contribution in [3.63, 3.8) is 0 Å². The van der Waals surface area contributed by atoms with Crippen LogP contribution in [0.5, 0.6) is 5.75 Å². The van der Waals surface area contributed by atoms with E-state index in [0.717, 1.165) is 18.9 Å². The standard InChI is InChI=1S/C19H19F4N3O4/c1-30-17-14-9(16(27)10(18(28)29)5-26(14)8-2-3-8)4-12(20)15(17)25-6-11(13(24)7-25)19(21,22)23/h4-5,8,11,13H,2-3,6-7,24H2,1H3,(H,28,29)/t11-,13-/m1/s1. The van der Waals surface area contributed by atoms with Crippen LogP contribution in [0.15, 0.2) is 17.1 Å². The Morgan fingerprint density at radius 2 is 1.97 bits per heavy atom. The van der Waals surface area contributed by atoms with E-state index in [4.69, 9.17) is 10.5 Å². The van der Waals surface area contributed by atoms with E-state index >= 15 is 4.39 Å². The van der Waals surface area contributed by atoms with Crippen LogP contribution in [0.25, 0.3) is 10.9 Å². The van der Waals surface area contributed by atoms with Gasteiger partial charge in [0, 0.05) is 31.4 Å². The van der Waals surface area contributed by atoms with Crippen molar-refractivity contribution >= 4 is 22.6 Å². The molecule has 2 atom stereocenters. The van der Waals surface area contributed by atoms with Gasteiger partial charge in [-0.2, -0.15) is 13.2 Å². The number of nitrogens with two attached hydrogens (primary N) is 1. The Morgan fingerprint density at radius 1 is 1.30 bits per heavy atom. The Labute approximate surface area is 167 Å². The zero-order chi connectivity index (χ0) is 22.0. The van der Waals surface area contributed by atoms with Crippen LogP contribution in [0.2, 0.25) is 0 Å². The van der Waals surface area contributed by atoms with Crippen molar-refractivity contribution in [2.45, 2.75) is 31.1 Å². The predicted octanol–water partition coefficient (Wildman–Crippen LogP) is 2.51. The first-order valence-electron chi connectivity index (χ1n) is 9.30. The van der Waals surface area contributed by atoms with E-state index in [1.54, 1.807) is 4.57 Å². The van der Waals surface area contributed by atoms with Crippen molar-refractivity contribution in [2.24, 2.45) is 11.7 Å². The minimum absolute atomic E-state index is 0.109. The molecule has 2 aromatic rings. The number of hydrogen-bond acceptors (Lipinski definition) is 5. The van der Waals surface area contributed by atoms with Crippen LogP contribution in [0.4, 0.5) is 23.2 Å². The number of hydrogen-bond donors (Lipinski definition) is 2. The molecule has 3 N–H and O–H groups in total. The summed E-state index contributed by atoms with van der Waals surface area (Å²) in [7, 11) is 1.22. The number of nitrogens with zero attached hydrogens (tertiary/aromatic N) is 2. The molecule has 2 heterocycles. The molecule has 1 saturated heterocycles. The number of aromatic nitrogens is 1. The van der Waals surface area contributed by atoms with Crippen molar-refractivity contribution in [2.75, 3.05) is 25.1 Å². The lowest BCUT2D eigenvalue weighted by Crippen LogP contribution is -2.38. The van der Waals surface area contributed by atoms with E-state index in [1.165, 1.54) is 18.2 Å². The number of rotatable bonds is 4. The highest BCUT2D eigenvalue weighted by Crippen LogP contribution is 2.45. The number of pyridine rings is 1. The number of methoxy groups -OCH3 is 1. The summed E-state index contributed by atoms with van der Waals surface area (Å²) in [6.45, 7) is -0.797. The Kier molecular flexibility index (Phi) is 4.68. The fraction of sp³-hybridized carbons (Fsp3) is 0.474. The number of alkyl halides is 3. The van der Waals surface area contributed by atoms with Crippen molar-refractivity contribution in [3.05, 3.63) is 33.9 Å². The average Bonchev–Trinajstić information content (AvgIpc) is 3.41. The smallest absolute Gasteiger partial charge is 0.395 e. The van der Waals surface area contributed by atoms with Crippen LogP contribution in [0.3, 0.4) is 0 Å². The second-order valence-electron chi connectivity index (χ2n) is 7.67. The number of anilines is 1. The molecule has 0 radical (unpaired) electrons. The number of benzene rings is 1. The van der Waals surface area contributed by atoms with Gasteiger partial charge in [0.2, 0.25) is 5.43 Å². The van der Waals surface area contributed by atoms with E-state index in [-0.39, 0.29) is 34.9 Å². The summed E-state index contributed by atoms with van der Waals surface area (Å²) in [5.74, 6) is -4.37. The highest BCUT2D eigenvalue weighted by atomic mass is 19.4. The SMILES string of the molecule is COc1c(N2C[C@@H](N)[C@H](C(F)(F)F)C2)c(F)cc2c(=O)c(C(=O)O)cn(C3CC3)c12. The largest absolute Gasteiger partial charge is 0.492 e. The maximum atomic E-state index is 15.1. The summed E-state index contributed by atoms with van der Waals surface area (Å²) in [6, 6.07) is -0.486. The lowest BCUT2D eigenvalue weighted by molar-refractivity contribution is -0.171. The highest BCUT2D eigenvalue weighted by molar-refractivity contribution is 5.97. The van der Waals surface area contributed by atoms with Gasteiger partial charge in [0.15, 0.2) is 11.6 Å². The van der Waals surface area contributed by atoms with Crippen LogP contribution < -0.4 is 20.8 Å². The summed E-state index contributed by atoms with van der Waals surface area (Å²) in [4.78, 5) is 25.3. The van der Waals surface area contributed by atoms with Gasteiger partial charge < -0.3 is 25.0 Å². The third-order valence-electron chi connectivity index (χ3n) is 5.67. The van der Waals surface area contributed by atoms with Gasteiger partial charge >= 0.3 is 12.1 Å². The summed E-state index contributed by atoms with van der Waals surface area (Å²) in [6.07, 6.45) is -1.92. The minimum atomic E-state index is -4.54. The quantitative estimate of drug-likeness (QED) is 0.725. The predicted molar refractivity (Wildman–Crippen MR) is 99.7 cm³/mol. The zero-order valence-electron chi connectivity index (χ0n) is 15.9. The van der Waals surface area contributed by atoms with Crippen molar-refractivity contribution < 1.29 is 32.2 Å². The molecule has 162 valence electrons. The minimum Gasteiger partial charge on any atom is -0.492 e. The topological polar surface area (TPSA) is 97.8 Å². The summed E-state index contributed by atoms with van der Waals surface area (Å²) >= 11 is 0. The molecule has 1 aliphatic carbocycles. The van der Waals surface area contributed by atoms with Crippen LogP contribution >= 0.6 is 0 Å². The molecule has 1 aliphatic heterocycles. The molecule has 4 rings (SSSR count). The Bertz CT molecular complexity index is 1090. The Hall–Kier alpha value is -2.82. The van der Waals surface area contributed by atoms with Gasteiger partial charge in [-0.25, -0.2) is 9.18 Å². The number of halogens is 4. The van der Waals surface area contributed by atoms with E-state index in [1.807, 2.05) is 0 Å². The van der Waals surface area contributed by atoms with Gasteiger partial charge in [-0.15, -0.1) is 0 Å². The molecule has 30 heavy (non-hydrogen) atoms. The Morgan fingerprint density at radius 3 is 2.47 bits per heavy atom. The van der Waals surface area contributed by atoms with E-state index in [9.17, 15) is 27.9 Å².